The SMILES string of the molecule is O=C(C[C@H]1CN(C(=O)C2CCC(F)(F)CC2)CC[C@@H]1Oc1cccc(Cl)c1)N1CCCCC1. The molecule has 3 aliphatic rings. The smallest absolute Gasteiger partial charge is 0.248 e. The van der Waals surface area contributed by atoms with Gasteiger partial charge in [0.2, 0.25) is 17.7 Å². The Morgan fingerprint density at radius 3 is 2.45 bits per heavy atom. The molecule has 33 heavy (non-hydrogen) atoms. The van der Waals surface area contributed by atoms with Gasteiger partial charge in [0.25, 0.3) is 0 Å². The van der Waals surface area contributed by atoms with Gasteiger partial charge in [-0.3, -0.25) is 9.59 Å². The molecule has 0 radical (unpaired) electrons. The molecule has 2 heterocycles. The molecule has 182 valence electrons. The third-order valence-corrected chi connectivity index (χ3v) is 7.51. The second-order valence-electron chi connectivity index (χ2n) is 9.72. The monoisotopic (exact) mass is 482 g/mol. The van der Waals surface area contributed by atoms with E-state index >= 15 is 0 Å². The lowest BCUT2D eigenvalue weighted by Crippen LogP contribution is -2.51. The van der Waals surface area contributed by atoms with Gasteiger partial charge >= 0.3 is 0 Å². The molecule has 3 fully saturated rings. The molecule has 0 N–H and O–H groups in total. The Morgan fingerprint density at radius 2 is 1.76 bits per heavy atom. The summed E-state index contributed by atoms with van der Waals surface area (Å²) in [5, 5.41) is 0.579. The van der Waals surface area contributed by atoms with Crippen molar-refractivity contribution >= 4 is 23.4 Å². The largest absolute Gasteiger partial charge is 0.490 e. The number of carbonyl (C=O) groups excluding carboxylic acids is 2. The predicted molar refractivity (Wildman–Crippen MR) is 123 cm³/mol. The third-order valence-electron chi connectivity index (χ3n) is 7.27. The van der Waals surface area contributed by atoms with E-state index in [1.165, 1.54) is 0 Å². The maximum Gasteiger partial charge on any atom is 0.248 e. The summed E-state index contributed by atoms with van der Waals surface area (Å²) in [7, 11) is 0. The summed E-state index contributed by atoms with van der Waals surface area (Å²) in [6.45, 7) is 2.48. The van der Waals surface area contributed by atoms with Crippen molar-refractivity contribution < 1.29 is 23.1 Å². The maximum atomic E-state index is 13.6. The van der Waals surface area contributed by atoms with Gasteiger partial charge in [0, 0.05) is 68.7 Å². The van der Waals surface area contributed by atoms with Crippen molar-refractivity contribution in [2.24, 2.45) is 11.8 Å². The Balaban J connectivity index is 1.43. The summed E-state index contributed by atoms with van der Waals surface area (Å²) in [6.07, 6.45) is 3.89. The molecule has 1 aromatic carbocycles. The minimum Gasteiger partial charge on any atom is -0.490 e. The molecule has 1 aliphatic carbocycles. The van der Waals surface area contributed by atoms with E-state index in [9.17, 15) is 18.4 Å². The van der Waals surface area contributed by atoms with E-state index < -0.39 is 5.92 Å². The Morgan fingerprint density at radius 1 is 1.03 bits per heavy atom. The number of ether oxygens (including phenoxy) is 1. The van der Waals surface area contributed by atoms with Gasteiger partial charge < -0.3 is 14.5 Å². The molecule has 1 saturated carbocycles. The molecule has 0 spiro atoms. The van der Waals surface area contributed by atoms with Crippen molar-refractivity contribution in [3.8, 4) is 5.75 Å². The highest BCUT2D eigenvalue weighted by atomic mass is 35.5. The standard InChI is InChI=1S/C25H33ClF2N2O3/c26-20-5-4-6-21(16-20)33-22-9-14-30(24(32)18-7-10-25(27,28)11-8-18)17-19(22)15-23(31)29-12-2-1-3-13-29/h4-6,16,18-19,22H,1-3,7-15,17H2/t19-,22-/m0/s1. The van der Waals surface area contributed by atoms with Crippen LogP contribution in [0.4, 0.5) is 8.78 Å². The number of hydrogen-bond donors (Lipinski definition) is 0. The highest BCUT2D eigenvalue weighted by molar-refractivity contribution is 6.30. The van der Waals surface area contributed by atoms with Gasteiger partial charge in [-0.25, -0.2) is 8.78 Å². The average Bonchev–Trinajstić information content (AvgIpc) is 2.80. The van der Waals surface area contributed by atoms with Crippen LogP contribution in [0.2, 0.25) is 5.02 Å². The van der Waals surface area contributed by atoms with Crippen LogP contribution < -0.4 is 4.74 Å². The number of carbonyl (C=O) groups is 2. The average molecular weight is 483 g/mol. The third kappa shape index (κ3) is 6.37. The van der Waals surface area contributed by atoms with Crippen LogP contribution >= 0.6 is 11.6 Å². The quantitative estimate of drug-likeness (QED) is 0.582. The molecule has 8 heteroatoms. The summed E-state index contributed by atoms with van der Waals surface area (Å²) in [4.78, 5) is 29.9. The minimum atomic E-state index is -2.65. The van der Waals surface area contributed by atoms with E-state index in [2.05, 4.69) is 0 Å². The summed E-state index contributed by atoms with van der Waals surface area (Å²) >= 11 is 6.11. The van der Waals surface area contributed by atoms with Gasteiger partial charge in [-0.1, -0.05) is 17.7 Å². The number of alkyl halides is 2. The van der Waals surface area contributed by atoms with Crippen molar-refractivity contribution in [3.63, 3.8) is 0 Å². The molecule has 1 aromatic rings. The Bertz CT molecular complexity index is 837. The molecule has 0 aromatic heterocycles. The number of amides is 2. The lowest BCUT2D eigenvalue weighted by atomic mass is 9.84. The van der Waals surface area contributed by atoms with Crippen LogP contribution in [-0.4, -0.2) is 59.8 Å². The lowest BCUT2D eigenvalue weighted by Gasteiger charge is -2.41. The number of likely N-dealkylation sites (tertiary alicyclic amines) is 2. The second-order valence-corrected chi connectivity index (χ2v) is 10.2. The van der Waals surface area contributed by atoms with E-state index in [4.69, 9.17) is 16.3 Å². The zero-order chi connectivity index (χ0) is 23.4. The normalized spacial score (nSPS) is 26.2. The first kappa shape index (κ1) is 24.2. The molecule has 2 saturated heterocycles. The van der Waals surface area contributed by atoms with Gasteiger partial charge in [-0.15, -0.1) is 0 Å². The Hall–Kier alpha value is -1.89. The van der Waals surface area contributed by atoms with Crippen molar-refractivity contribution in [1.29, 1.82) is 0 Å². The van der Waals surface area contributed by atoms with Crippen molar-refractivity contribution in [2.75, 3.05) is 26.2 Å². The summed E-state index contributed by atoms with van der Waals surface area (Å²) in [6, 6.07) is 7.20. The van der Waals surface area contributed by atoms with E-state index in [-0.39, 0.29) is 55.4 Å². The molecule has 0 bridgehead atoms. The number of halogens is 3. The zero-order valence-electron chi connectivity index (χ0n) is 19.0. The van der Waals surface area contributed by atoms with Crippen LogP contribution in [-0.2, 0) is 9.59 Å². The molecule has 5 nitrogen and oxygen atoms in total. The first-order valence-corrected chi connectivity index (χ1v) is 12.6. The first-order chi connectivity index (χ1) is 15.8. The maximum absolute atomic E-state index is 13.6. The van der Waals surface area contributed by atoms with Crippen LogP contribution in [0.1, 0.15) is 57.8 Å². The highest BCUT2D eigenvalue weighted by Gasteiger charge is 2.41. The van der Waals surface area contributed by atoms with E-state index in [0.29, 0.717) is 36.7 Å². The van der Waals surface area contributed by atoms with Crippen LogP contribution in [0.15, 0.2) is 24.3 Å². The van der Waals surface area contributed by atoms with Crippen LogP contribution in [0, 0.1) is 11.8 Å². The first-order valence-electron chi connectivity index (χ1n) is 12.2. The number of nitrogens with zero attached hydrogens (tertiary/aromatic N) is 2. The number of hydrogen-bond acceptors (Lipinski definition) is 3. The van der Waals surface area contributed by atoms with Gasteiger partial charge in [0.1, 0.15) is 11.9 Å². The Labute approximate surface area is 199 Å². The van der Waals surface area contributed by atoms with E-state index in [1.54, 1.807) is 17.0 Å². The van der Waals surface area contributed by atoms with E-state index in [0.717, 1.165) is 32.4 Å². The zero-order valence-corrected chi connectivity index (χ0v) is 19.7. The van der Waals surface area contributed by atoms with Crippen LogP contribution in [0.25, 0.3) is 0 Å². The molecule has 2 aliphatic heterocycles. The summed E-state index contributed by atoms with van der Waals surface area (Å²) in [5.41, 5.74) is 0. The fraction of sp³-hybridized carbons (Fsp3) is 0.680. The van der Waals surface area contributed by atoms with Gasteiger partial charge in [0.15, 0.2) is 0 Å². The molecular weight excluding hydrogens is 450 g/mol. The summed E-state index contributed by atoms with van der Waals surface area (Å²) < 4.78 is 33.4. The topological polar surface area (TPSA) is 49.9 Å². The predicted octanol–water partition coefficient (Wildman–Crippen LogP) is 5.16. The van der Waals surface area contributed by atoms with Gasteiger partial charge in [0.05, 0.1) is 0 Å². The Kier molecular flexibility index (Phi) is 7.77. The van der Waals surface area contributed by atoms with Gasteiger partial charge in [-0.05, 0) is 50.3 Å². The molecular formula is C25H33ClF2N2O3. The molecule has 4 rings (SSSR count). The number of piperidine rings is 2. The number of benzene rings is 1. The van der Waals surface area contributed by atoms with E-state index in [1.807, 2.05) is 17.0 Å². The highest BCUT2D eigenvalue weighted by Crippen LogP contribution is 2.38. The van der Waals surface area contributed by atoms with Crippen LogP contribution in [0.5, 0.6) is 5.75 Å². The van der Waals surface area contributed by atoms with Crippen molar-refractivity contribution in [1.82, 2.24) is 9.80 Å². The van der Waals surface area contributed by atoms with Crippen molar-refractivity contribution in [3.05, 3.63) is 29.3 Å². The second kappa shape index (κ2) is 10.6. The minimum absolute atomic E-state index is 0.0536. The fourth-order valence-corrected chi connectivity index (χ4v) is 5.50. The molecule has 2 atom stereocenters. The van der Waals surface area contributed by atoms with Crippen molar-refractivity contribution in [2.45, 2.75) is 69.8 Å². The molecule has 2 amide bonds. The lowest BCUT2D eigenvalue weighted by molar-refractivity contribution is -0.145. The van der Waals surface area contributed by atoms with Crippen LogP contribution in [0.3, 0.4) is 0 Å². The number of rotatable bonds is 5. The molecule has 0 unspecified atom stereocenters. The summed E-state index contributed by atoms with van der Waals surface area (Å²) in [5.74, 6) is -2.46. The van der Waals surface area contributed by atoms with Gasteiger partial charge in [-0.2, -0.15) is 0 Å². The fourth-order valence-electron chi connectivity index (χ4n) is 5.32.